The van der Waals surface area contributed by atoms with Gasteiger partial charge in [0.15, 0.2) is 0 Å². The van der Waals surface area contributed by atoms with Gasteiger partial charge in [-0.25, -0.2) is 0 Å². The summed E-state index contributed by atoms with van der Waals surface area (Å²) in [5.74, 6) is 1.45. The highest BCUT2D eigenvalue weighted by Gasteiger charge is 2.27. The number of rotatable bonds is 2. The Hall–Kier alpha value is -0.440. The fraction of sp³-hybridized carbons (Fsp3) is 0.700. The zero-order valence-electron chi connectivity index (χ0n) is 8.49. The molecule has 1 fully saturated rings. The molecule has 0 N–H and O–H groups in total. The van der Waals surface area contributed by atoms with E-state index in [1.54, 1.807) is 17.8 Å². The molecule has 0 bridgehead atoms. The Morgan fingerprint density at radius 1 is 1.38 bits per heavy atom. The molecule has 3 heteroatoms. The maximum atomic E-state index is 11.5. The van der Waals surface area contributed by atoms with Crippen molar-refractivity contribution >= 4 is 17.7 Å². The normalized spacial score (nSPS) is 28.7. The summed E-state index contributed by atoms with van der Waals surface area (Å²) in [6, 6.07) is 0. The molecule has 1 aliphatic rings. The van der Waals surface area contributed by atoms with Crippen LogP contribution in [0.2, 0.25) is 0 Å². The second kappa shape index (κ2) is 4.70. The molecule has 2 nitrogen and oxygen atoms in total. The van der Waals surface area contributed by atoms with Gasteiger partial charge in [-0.2, -0.15) is 0 Å². The van der Waals surface area contributed by atoms with Crippen LogP contribution in [0.4, 0.5) is 0 Å². The van der Waals surface area contributed by atoms with Crippen molar-refractivity contribution in [2.24, 2.45) is 11.8 Å². The Bertz CT molecular complexity index is 205. The van der Waals surface area contributed by atoms with Crippen LogP contribution in [-0.2, 0) is 4.79 Å². The highest BCUT2D eigenvalue weighted by Crippen LogP contribution is 2.22. The molecule has 0 aromatic carbocycles. The van der Waals surface area contributed by atoms with Crippen LogP contribution in [0.3, 0.4) is 0 Å². The van der Waals surface area contributed by atoms with Gasteiger partial charge in [-0.15, -0.1) is 11.8 Å². The van der Waals surface area contributed by atoms with Crippen molar-refractivity contribution in [3.05, 3.63) is 11.5 Å². The SMILES string of the molecule is CS/C=C/C(=O)N1CC(C)C(C)C1. The number of carbonyl (C=O) groups is 1. The van der Waals surface area contributed by atoms with Crippen LogP contribution in [0.1, 0.15) is 13.8 Å². The summed E-state index contributed by atoms with van der Waals surface area (Å²) >= 11 is 1.56. The number of nitrogens with zero attached hydrogens (tertiary/aromatic N) is 1. The molecular weight excluding hydrogens is 182 g/mol. The summed E-state index contributed by atoms with van der Waals surface area (Å²) in [6.07, 6.45) is 3.62. The van der Waals surface area contributed by atoms with Gasteiger partial charge in [0.1, 0.15) is 0 Å². The Balaban J connectivity index is 2.46. The predicted molar refractivity (Wildman–Crippen MR) is 57.6 cm³/mol. The van der Waals surface area contributed by atoms with Gasteiger partial charge in [0.05, 0.1) is 0 Å². The maximum Gasteiger partial charge on any atom is 0.247 e. The standard InChI is InChI=1S/C10H17NOS/c1-8-6-11(7-9(8)2)10(12)4-5-13-3/h4-5,8-9H,6-7H2,1-3H3/b5-4+. The van der Waals surface area contributed by atoms with E-state index in [9.17, 15) is 4.79 Å². The third-order valence-corrected chi connectivity index (χ3v) is 3.05. The molecule has 2 unspecified atom stereocenters. The van der Waals surface area contributed by atoms with E-state index in [2.05, 4.69) is 13.8 Å². The van der Waals surface area contributed by atoms with Gasteiger partial charge in [0.2, 0.25) is 5.91 Å². The van der Waals surface area contributed by atoms with E-state index in [0.29, 0.717) is 11.8 Å². The van der Waals surface area contributed by atoms with Gasteiger partial charge in [0, 0.05) is 19.2 Å². The number of hydrogen-bond acceptors (Lipinski definition) is 2. The quantitative estimate of drug-likeness (QED) is 0.634. The summed E-state index contributed by atoms with van der Waals surface area (Å²) in [5.41, 5.74) is 0. The monoisotopic (exact) mass is 199 g/mol. The van der Waals surface area contributed by atoms with E-state index in [-0.39, 0.29) is 5.91 Å². The third kappa shape index (κ3) is 2.76. The van der Waals surface area contributed by atoms with Crippen molar-refractivity contribution < 1.29 is 4.79 Å². The maximum absolute atomic E-state index is 11.5. The predicted octanol–water partition coefficient (Wildman–Crippen LogP) is 1.98. The molecule has 0 aliphatic carbocycles. The first-order valence-electron chi connectivity index (χ1n) is 4.63. The second-order valence-corrected chi connectivity index (χ2v) is 4.48. The molecular formula is C10H17NOS. The van der Waals surface area contributed by atoms with Gasteiger partial charge in [-0.1, -0.05) is 13.8 Å². The van der Waals surface area contributed by atoms with Crippen LogP contribution >= 0.6 is 11.8 Å². The number of hydrogen-bond donors (Lipinski definition) is 0. The van der Waals surface area contributed by atoms with Crippen LogP contribution in [0.5, 0.6) is 0 Å². The molecule has 0 saturated carbocycles. The Morgan fingerprint density at radius 2 is 1.92 bits per heavy atom. The fourth-order valence-corrected chi connectivity index (χ4v) is 1.79. The van der Waals surface area contributed by atoms with Gasteiger partial charge >= 0.3 is 0 Å². The van der Waals surface area contributed by atoms with E-state index in [1.165, 1.54) is 0 Å². The van der Waals surface area contributed by atoms with Crippen molar-refractivity contribution in [2.75, 3.05) is 19.3 Å². The van der Waals surface area contributed by atoms with Crippen LogP contribution in [-0.4, -0.2) is 30.2 Å². The van der Waals surface area contributed by atoms with E-state index in [4.69, 9.17) is 0 Å². The number of thioether (sulfide) groups is 1. The highest BCUT2D eigenvalue weighted by molar-refractivity contribution is 8.01. The van der Waals surface area contributed by atoms with Crippen LogP contribution in [0, 0.1) is 11.8 Å². The first-order chi connectivity index (χ1) is 6.15. The summed E-state index contributed by atoms with van der Waals surface area (Å²) in [7, 11) is 0. The lowest BCUT2D eigenvalue weighted by Crippen LogP contribution is -2.26. The van der Waals surface area contributed by atoms with Gasteiger partial charge in [-0.05, 0) is 23.5 Å². The molecule has 2 atom stereocenters. The van der Waals surface area contributed by atoms with Gasteiger partial charge < -0.3 is 4.90 Å². The zero-order valence-corrected chi connectivity index (χ0v) is 9.30. The van der Waals surface area contributed by atoms with Crippen molar-refractivity contribution in [1.29, 1.82) is 0 Å². The van der Waals surface area contributed by atoms with Crippen LogP contribution in [0.25, 0.3) is 0 Å². The third-order valence-electron chi connectivity index (χ3n) is 2.65. The summed E-state index contributed by atoms with van der Waals surface area (Å²) in [6.45, 7) is 6.24. The molecule has 1 aliphatic heterocycles. The second-order valence-electron chi connectivity index (χ2n) is 3.74. The minimum absolute atomic E-state index is 0.158. The topological polar surface area (TPSA) is 20.3 Å². The van der Waals surface area contributed by atoms with E-state index >= 15 is 0 Å². The van der Waals surface area contributed by atoms with Gasteiger partial charge in [0.25, 0.3) is 0 Å². The largest absolute Gasteiger partial charge is 0.339 e. The first-order valence-corrected chi connectivity index (χ1v) is 5.92. The van der Waals surface area contributed by atoms with Crippen LogP contribution in [0.15, 0.2) is 11.5 Å². The molecule has 1 rings (SSSR count). The molecule has 0 aromatic heterocycles. The Morgan fingerprint density at radius 3 is 2.38 bits per heavy atom. The Labute approximate surface area is 84.4 Å². The molecule has 1 saturated heterocycles. The molecule has 74 valence electrons. The molecule has 0 radical (unpaired) electrons. The van der Waals surface area contributed by atoms with E-state index in [0.717, 1.165) is 13.1 Å². The number of likely N-dealkylation sites (tertiary alicyclic amines) is 1. The smallest absolute Gasteiger partial charge is 0.247 e. The molecule has 0 spiro atoms. The van der Waals surface area contributed by atoms with Crippen molar-refractivity contribution in [1.82, 2.24) is 4.90 Å². The van der Waals surface area contributed by atoms with E-state index in [1.807, 2.05) is 16.6 Å². The lowest BCUT2D eigenvalue weighted by atomic mass is 10.0. The first kappa shape index (κ1) is 10.6. The van der Waals surface area contributed by atoms with E-state index < -0.39 is 0 Å². The van der Waals surface area contributed by atoms with Crippen molar-refractivity contribution in [2.45, 2.75) is 13.8 Å². The summed E-state index contributed by atoms with van der Waals surface area (Å²) < 4.78 is 0. The molecule has 1 amide bonds. The lowest BCUT2D eigenvalue weighted by Gasteiger charge is -2.12. The van der Waals surface area contributed by atoms with Crippen molar-refractivity contribution in [3.63, 3.8) is 0 Å². The summed E-state index contributed by atoms with van der Waals surface area (Å²) in [5, 5.41) is 1.84. The highest BCUT2D eigenvalue weighted by atomic mass is 32.2. The zero-order chi connectivity index (χ0) is 9.84. The number of carbonyl (C=O) groups excluding carboxylic acids is 1. The molecule has 0 aromatic rings. The van der Waals surface area contributed by atoms with Gasteiger partial charge in [-0.3, -0.25) is 4.79 Å². The minimum Gasteiger partial charge on any atom is -0.339 e. The average Bonchev–Trinajstić information content (AvgIpc) is 2.43. The summed E-state index contributed by atoms with van der Waals surface area (Å²) in [4.78, 5) is 13.5. The number of amides is 1. The average molecular weight is 199 g/mol. The van der Waals surface area contributed by atoms with Crippen molar-refractivity contribution in [3.8, 4) is 0 Å². The molecule has 13 heavy (non-hydrogen) atoms. The Kier molecular flexibility index (Phi) is 3.85. The lowest BCUT2D eigenvalue weighted by molar-refractivity contribution is -0.125. The molecule has 1 heterocycles. The van der Waals surface area contributed by atoms with Crippen LogP contribution < -0.4 is 0 Å². The fourth-order valence-electron chi connectivity index (χ4n) is 1.54. The minimum atomic E-state index is 0.158.